The van der Waals surface area contributed by atoms with Gasteiger partial charge >= 0.3 is 5.97 Å². The molecule has 2 fully saturated rings. The van der Waals surface area contributed by atoms with Gasteiger partial charge in [-0.3, -0.25) is 0 Å². The van der Waals surface area contributed by atoms with Crippen LogP contribution in [0.3, 0.4) is 0 Å². The average Bonchev–Trinajstić information content (AvgIpc) is 3.51. The molecular weight excluding hydrogens is 390 g/mol. The molecule has 0 aliphatic heterocycles. The van der Waals surface area contributed by atoms with Crippen LogP contribution in [0.5, 0.6) is 0 Å². The topological polar surface area (TPSA) is 86.8 Å². The Morgan fingerprint density at radius 3 is 2.52 bits per heavy atom. The van der Waals surface area contributed by atoms with Crippen LogP contribution >= 0.6 is 11.6 Å². The molecule has 0 atom stereocenters. The number of carbonyl (C=O) groups excluding carboxylic acids is 1. The van der Waals surface area contributed by atoms with Crippen LogP contribution in [0.1, 0.15) is 63.2 Å². The summed E-state index contributed by atoms with van der Waals surface area (Å²) < 4.78 is 10.9. The molecule has 2 aliphatic rings. The van der Waals surface area contributed by atoms with Crippen molar-refractivity contribution in [2.24, 2.45) is 28.5 Å². The first-order valence-electron chi connectivity index (χ1n) is 10.3. The lowest BCUT2D eigenvalue weighted by Crippen LogP contribution is -2.24. The van der Waals surface area contributed by atoms with Crippen LogP contribution < -0.4 is 5.73 Å². The number of esters is 1. The third-order valence-corrected chi connectivity index (χ3v) is 5.36. The van der Waals surface area contributed by atoms with Crippen LogP contribution in [0.2, 0.25) is 5.15 Å². The summed E-state index contributed by atoms with van der Waals surface area (Å²) >= 11 is 6.10. The summed E-state index contributed by atoms with van der Waals surface area (Å²) in [6, 6.07) is 3.15. The number of halogens is 1. The van der Waals surface area contributed by atoms with Crippen molar-refractivity contribution in [2.45, 2.75) is 58.5 Å². The third-order valence-electron chi connectivity index (χ3n) is 5.07. The number of aliphatic imine (C=N–C) groups is 1. The van der Waals surface area contributed by atoms with Gasteiger partial charge < -0.3 is 15.2 Å². The van der Waals surface area contributed by atoms with Crippen LogP contribution in [0.25, 0.3) is 0 Å². The largest absolute Gasteiger partial charge is 0.479 e. The fraction of sp³-hybridized carbons (Fsp3) is 0.591. The molecule has 1 aromatic heterocycles. The summed E-state index contributed by atoms with van der Waals surface area (Å²) in [5.74, 6) is 2.82. The summed E-state index contributed by atoms with van der Waals surface area (Å²) in [6.07, 6.45) is 9.69. The molecule has 0 radical (unpaired) electrons. The van der Waals surface area contributed by atoms with E-state index < -0.39 is 11.6 Å². The Balaban J connectivity index is 1.48. The van der Waals surface area contributed by atoms with Crippen molar-refractivity contribution >= 4 is 29.6 Å². The Kier molecular flexibility index (Phi) is 6.83. The van der Waals surface area contributed by atoms with E-state index in [9.17, 15) is 4.79 Å². The van der Waals surface area contributed by atoms with E-state index in [1.165, 1.54) is 31.9 Å². The molecule has 0 unspecified atom stereocenters. The Morgan fingerprint density at radius 1 is 1.31 bits per heavy atom. The quantitative estimate of drug-likeness (QED) is 0.262. The lowest BCUT2D eigenvalue weighted by Gasteiger charge is -2.19. The van der Waals surface area contributed by atoms with E-state index in [1.807, 2.05) is 0 Å². The van der Waals surface area contributed by atoms with Crippen molar-refractivity contribution in [3.8, 4) is 0 Å². The van der Waals surface area contributed by atoms with Crippen molar-refractivity contribution in [3.05, 3.63) is 34.8 Å². The van der Waals surface area contributed by atoms with Crippen LogP contribution in [0, 0.1) is 17.8 Å². The van der Waals surface area contributed by atoms with Gasteiger partial charge in [-0.05, 0) is 82.8 Å². The standard InChI is InChI=1S/C22H30ClN3O3/c1-22(2,3)29-21(27)17-8-9-19(26-20(17)23)25-12-10-18(24)28-13-11-16(14-4-5-14)15-6-7-15/h8-10,12,14-16H,4-7,11,13,24H2,1-3H3. The number of rotatable bonds is 9. The Labute approximate surface area is 177 Å². The number of hydrogen-bond acceptors (Lipinski definition) is 6. The second kappa shape index (κ2) is 9.16. The molecule has 29 heavy (non-hydrogen) atoms. The summed E-state index contributed by atoms with van der Waals surface area (Å²) in [7, 11) is 0. The zero-order valence-corrected chi connectivity index (χ0v) is 18.1. The van der Waals surface area contributed by atoms with Gasteiger partial charge in [0.1, 0.15) is 10.8 Å². The Hall–Kier alpha value is -2.08. The minimum absolute atomic E-state index is 0.0493. The van der Waals surface area contributed by atoms with E-state index in [1.54, 1.807) is 39.0 Å². The van der Waals surface area contributed by atoms with Crippen LogP contribution in [-0.2, 0) is 9.47 Å². The smallest absolute Gasteiger partial charge is 0.341 e. The average molecular weight is 420 g/mol. The second-order valence-electron chi connectivity index (χ2n) is 8.83. The number of aromatic nitrogens is 1. The molecule has 2 saturated carbocycles. The number of allylic oxidation sites excluding steroid dienone is 1. The second-order valence-corrected chi connectivity index (χ2v) is 9.19. The first kappa shape index (κ1) is 21.6. The molecule has 2 aliphatic carbocycles. The lowest BCUT2D eigenvalue weighted by atomic mass is 9.95. The van der Waals surface area contributed by atoms with E-state index in [0.29, 0.717) is 18.3 Å². The van der Waals surface area contributed by atoms with Gasteiger partial charge in [0.2, 0.25) is 0 Å². The van der Waals surface area contributed by atoms with Crippen LogP contribution in [-0.4, -0.2) is 29.4 Å². The predicted molar refractivity (Wildman–Crippen MR) is 114 cm³/mol. The van der Waals surface area contributed by atoms with Crippen molar-refractivity contribution in [1.29, 1.82) is 0 Å². The Morgan fingerprint density at radius 2 is 1.97 bits per heavy atom. The molecule has 0 amide bonds. The molecule has 0 spiro atoms. The fourth-order valence-corrected chi connectivity index (χ4v) is 3.66. The summed E-state index contributed by atoms with van der Waals surface area (Å²) in [5.41, 5.74) is 5.51. The number of hydrogen-bond donors (Lipinski definition) is 1. The van der Waals surface area contributed by atoms with E-state index in [4.69, 9.17) is 26.8 Å². The zero-order valence-electron chi connectivity index (χ0n) is 17.4. The highest BCUT2D eigenvalue weighted by atomic mass is 35.5. The van der Waals surface area contributed by atoms with Gasteiger partial charge in [0, 0.05) is 12.3 Å². The highest BCUT2D eigenvalue weighted by Crippen LogP contribution is 2.50. The maximum atomic E-state index is 12.1. The lowest BCUT2D eigenvalue weighted by molar-refractivity contribution is 0.00693. The summed E-state index contributed by atoms with van der Waals surface area (Å²) in [4.78, 5) is 20.4. The van der Waals surface area contributed by atoms with Gasteiger partial charge in [-0.1, -0.05) is 11.6 Å². The van der Waals surface area contributed by atoms with Crippen LogP contribution in [0.15, 0.2) is 29.1 Å². The SMILES string of the molecule is CC(C)(C)OC(=O)c1ccc(N=CC=C(N)OCCC(C2CC2)C2CC2)nc1Cl. The monoisotopic (exact) mass is 419 g/mol. The van der Waals surface area contributed by atoms with Crippen molar-refractivity contribution in [1.82, 2.24) is 4.98 Å². The van der Waals surface area contributed by atoms with Crippen molar-refractivity contribution in [3.63, 3.8) is 0 Å². The number of carbonyl (C=O) groups is 1. The number of nitrogens with two attached hydrogens (primary N) is 1. The summed E-state index contributed by atoms with van der Waals surface area (Å²) in [6.45, 7) is 6.02. The molecule has 1 aromatic rings. The number of pyridine rings is 1. The third kappa shape index (κ3) is 7.03. The molecule has 0 saturated heterocycles. The van der Waals surface area contributed by atoms with Gasteiger partial charge in [-0.15, -0.1) is 0 Å². The van der Waals surface area contributed by atoms with E-state index >= 15 is 0 Å². The molecule has 2 N–H and O–H groups in total. The Bertz CT molecular complexity index is 781. The number of nitrogens with zero attached hydrogens (tertiary/aromatic N) is 2. The van der Waals surface area contributed by atoms with E-state index in [-0.39, 0.29) is 10.7 Å². The molecule has 0 bridgehead atoms. The highest BCUT2D eigenvalue weighted by Gasteiger charge is 2.40. The molecule has 158 valence electrons. The first-order chi connectivity index (χ1) is 13.7. The van der Waals surface area contributed by atoms with Gasteiger partial charge in [0.05, 0.1) is 12.2 Å². The van der Waals surface area contributed by atoms with Gasteiger partial charge in [-0.2, -0.15) is 0 Å². The van der Waals surface area contributed by atoms with Gasteiger partial charge in [0.25, 0.3) is 0 Å². The zero-order chi connectivity index (χ0) is 21.0. The maximum Gasteiger partial charge on any atom is 0.341 e. The highest BCUT2D eigenvalue weighted by molar-refractivity contribution is 6.32. The molecule has 1 heterocycles. The van der Waals surface area contributed by atoms with Gasteiger partial charge in [0.15, 0.2) is 11.7 Å². The molecule has 3 rings (SSSR count). The molecule has 7 heteroatoms. The predicted octanol–water partition coefficient (Wildman–Crippen LogP) is 5.04. The molecule has 0 aromatic carbocycles. The fourth-order valence-electron chi connectivity index (χ4n) is 3.44. The summed E-state index contributed by atoms with van der Waals surface area (Å²) in [5, 5.41) is 0.0493. The first-order valence-corrected chi connectivity index (χ1v) is 10.6. The molecular formula is C22H30ClN3O3. The molecule has 6 nitrogen and oxygen atoms in total. The maximum absolute atomic E-state index is 12.1. The van der Waals surface area contributed by atoms with E-state index in [0.717, 1.165) is 24.2 Å². The van der Waals surface area contributed by atoms with E-state index in [2.05, 4.69) is 9.98 Å². The number of ether oxygens (including phenoxy) is 2. The minimum atomic E-state index is -0.600. The minimum Gasteiger partial charge on any atom is -0.479 e. The van der Waals surface area contributed by atoms with Crippen molar-refractivity contribution in [2.75, 3.05) is 6.61 Å². The van der Waals surface area contributed by atoms with Gasteiger partial charge in [-0.25, -0.2) is 14.8 Å². The normalized spacial score (nSPS) is 17.8. The van der Waals surface area contributed by atoms with Crippen LogP contribution in [0.4, 0.5) is 5.82 Å². The van der Waals surface area contributed by atoms with Crippen molar-refractivity contribution < 1.29 is 14.3 Å².